The fourth-order valence-electron chi connectivity index (χ4n) is 2.67. The number of pyridine rings is 1. The van der Waals surface area contributed by atoms with Gasteiger partial charge in [0.1, 0.15) is 17.1 Å². The highest BCUT2D eigenvalue weighted by Gasteiger charge is 2.30. The first-order valence-corrected chi connectivity index (χ1v) is 7.26. The van der Waals surface area contributed by atoms with Gasteiger partial charge in [-0.15, -0.1) is 0 Å². The molecule has 6 nitrogen and oxygen atoms in total. The Hall–Kier alpha value is -2.63. The summed E-state index contributed by atoms with van der Waals surface area (Å²) in [6, 6.07) is 5.20. The van der Waals surface area contributed by atoms with Crippen molar-refractivity contribution in [3.8, 4) is 0 Å². The molecule has 0 saturated heterocycles. The van der Waals surface area contributed by atoms with Gasteiger partial charge in [0, 0.05) is 12.1 Å². The minimum Gasteiger partial charge on any atom is -0.475 e. The molecule has 112 valence electrons. The summed E-state index contributed by atoms with van der Waals surface area (Å²) >= 11 is 0. The van der Waals surface area contributed by atoms with E-state index in [-0.39, 0.29) is 5.76 Å². The standard InChI is InChI=1S/C16H15N3O3/c1-9-6-12-15(17-7-9)19(14(18-12)10-2-3-10)8-11-4-5-13(22-11)16(20)21/h4-7,10H,2-3,8H2,1H3,(H,20,21). The molecule has 22 heavy (non-hydrogen) atoms. The zero-order chi connectivity index (χ0) is 15.3. The minimum atomic E-state index is -1.06. The van der Waals surface area contributed by atoms with E-state index < -0.39 is 5.97 Å². The Kier molecular flexibility index (Phi) is 2.79. The lowest BCUT2D eigenvalue weighted by atomic mass is 10.3. The van der Waals surface area contributed by atoms with Gasteiger partial charge in [-0.1, -0.05) is 0 Å². The van der Waals surface area contributed by atoms with E-state index in [2.05, 4.69) is 4.98 Å². The highest BCUT2D eigenvalue weighted by molar-refractivity contribution is 5.84. The molecule has 0 radical (unpaired) electrons. The van der Waals surface area contributed by atoms with E-state index in [4.69, 9.17) is 14.5 Å². The van der Waals surface area contributed by atoms with Crippen LogP contribution in [0.2, 0.25) is 0 Å². The van der Waals surface area contributed by atoms with Crippen LogP contribution in [0.3, 0.4) is 0 Å². The summed E-state index contributed by atoms with van der Waals surface area (Å²) in [6.07, 6.45) is 4.10. The van der Waals surface area contributed by atoms with Crippen LogP contribution in [0.4, 0.5) is 0 Å². The molecule has 4 rings (SSSR count). The van der Waals surface area contributed by atoms with Crippen molar-refractivity contribution in [3.63, 3.8) is 0 Å². The van der Waals surface area contributed by atoms with Crippen LogP contribution in [-0.2, 0) is 6.54 Å². The quantitative estimate of drug-likeness (QED) is 0.800. The van der Waals surface area contributed by atoms with Crippen molar-refractivity contribution in [2.24, 2.45) is 0 Å². The van der Waals surface area contributed by atoms with Crippen LogP contribution >= 0.6 is 0 Å². The fraction of sp³-hybridized carbons (Fsp3) is 0.312. The molecule has 6 heteroatoms. The van der Waals surface area contributed by atoms with Gasteiger partial charge in [-0.05, 0) is 43.5 Å². The van der Waals surface area contributed by atoms with E-state index >= 15 is 0 Å². The lowest BCUT2D eigenvalue weighted by Gasteiger charge is -2.06. The number of aromatic nitrogens is 3. The number of carboxylic acid groups (broad SMARTS) is 1. The maximum atomic E-state index is 10.9. The van der Waals surface area contributed by atoms with Crippen LogP contribution in [0, 0.1) is 6.92 Å². The van der Waals surface area contributed by atoms with Crippen LogP contribution < -0.4 is 0 Å². The summed E-state index contributed by atoms with van der Waals surface area (Å²) in [6.45, 7) is 2.44. The highest BCUT2D eigenvalue weighted by atomic mass is 16.4. The Morgan fingerprint density at radius 1 is 1.45 bits per heavy atom. The van der Waals surface area contributed by atoms with E-state index in [1.165, 1.54) is 6.07 Å². The van der Waals surface area contributed by atoms with Gasteiger partial charge in [-0.2, -0.15) is 0 Å². The van der Waals surface area contributed by atoms with Crippen molar-refractivity contribution in [3.05, 3.63) is 47.3 Å². The SMILES string of the molecule is Cc1cnc2c(c1)nc(C1CC1)n2Cc1ccc(C(=O)O)o1. The highest BCUT2D eigenvalue weighted by Crippen LogP contribution is 2.40. The number of hydrogen-bond acceptors (Lipinski definition) is 4. The van der Waals surface area contributed by atoms with E-state index in [0.717, 1.165) is 35.4 Å². The first kappa shape index (κ1) is 13.1. The molecule has 1 aliphatic rings. The van der Waals surface area contributed by atoms with E-state index in [9.17, 15) is 4.79 Å². The van der Waals surface area contributed by atoms with Crippen molar-refractivity contribution >= 4 is 17.1 Å². The molecule has 0 unspecified atom stereocenters. The molecule has 3 aromatic rings. The van der Waals surface area contributed by atoms with Crippen molar-refractivity contribution in [1.29, 1.82) is 0 Å². The van der Waals surface area contributed by atoms with Crippen LogP contribution in [0.5, 0.6) is 0 Å². The van der Waals surface area contributed by atoms with E-state index in [1.54, 1.807) is 6.07 Å². The molecular weight excluding hydrogens is 282 g/mol. The third-order valence-corrected chi connectivity index (χ3v) is 3.88. The molecule has 0 atom stereocenters. The van der Waals surface area contributed by atoms with Crippen molar-refractivity contribution in [1.82, 2.24) is 14.5 Å². The summed E-state index contributed by atoms with van der Waals surface area (Å²) in [5, 5.41) is 8.95. The first-order valence-electron chi connectivity index (χ1n) is 7.26. The van der Waals surface area contributed by atoms with Crippen LogP contribution in [0.1, 0.15) is 46.5 Å². The number of rotatable bonds is 4. The maximum Gasteiger partial charge on any atom is 0.371 e. The second kappa shape index (κ2) is 4.69. The Labute approximate surface area is 126 Å². The Bertz CT molecular complexity index is 874. The van der Waals surface area contributed by atoms with E-state index in [1.807, 2.05) is 23.8 Å². The smallest absolute Gasteiger partial charge is 0.371 e. The number of aromatic carboxylic acids is 1. The van der Waals surface area contributed by atoms with Crippen molar-refractivity contribution < 1.29 is 14.3 Å². The summed E-state index contributed by atoms with van der Waals surface area (Å²) in [4.78, 5) is 20.1. The molecule has 1 fully saturated rings. The Balaban J connectivity index is 1.78. The molecule has 1 saturated carbocycles. The zero-order valence-electron chi connectivity index (χ0n) is 12.1. The predicted molar refractivity (Wildman–Crippen MR) is 79.0 cm³/mol. The molecule has 0 aliphatic heterocycles. The number of hydrogen-bond donors (Lipinski definition) is 1. The largest absolute Gasteiger partial charge is 0.475 e. The average Bonchev–Trinajstić information content (AvgIpc) is 3.11. The number of aryl methyl sites for hydroxylation is 1. The number of fused-ring (bicyclic) bond motifs is 1. The van der Waals surface area contributed by atoms with Crippen molar-refractivity contribution in [2.45, 2.75) is 32.2 Å². The van der Waals surface area contributed by atoms with Crippen LogP contribution in [0.25, 0.3) is 11.2 Å². The lowest BCUT2D eigenvalue weighted by molar-refractivity contribution is 0.0660. The summed E-state index contributed by atoms with van der Waals surface area (Å²) in [5.41, 5.74) is 2.78. The van der Waals surface area contributed by atoms with Crippen LogP contribution in [0.15, 0.2) is 28.8 Å². The molecule has 3 heterocycles. The normalized spacial score (nSPS) is 14.6. The zero-order valence-corrected chi connectivity index (χ0v) is 12.1. The van der Waals surface area contributed by atoms with Crippen LogP contribution in [-0.4, -0.2) is 25.6 Å². The average molecular weight is 297 g/mol. The number of nitrogens with zero attached hydrogens (tertiary/aromatic N) is 3. The summed E-state index contributed by atoms with van der Waals surface area (Å²) in [5.74, 6) is 0.986. The first-order chi connectivity index (χ1) is 10.6. The third-order valence-electron chi connectivity index (χ3n) is 3.88. The molecule has 0 spiro atoms. The van der Waals surface area contributed by atoms with Gasteiger partial charge in [0.15, 0.2) is 5.65 Å². The number of carbonyl (C=O) groups is 1. The van der Waals surface area contributed by atoms with E-state index in [0.29, 0.717) is 18.2 Å². The molecule has 0 aromatic carbocycles. The molecule has 0 bridgehead atoms. The van der Waals surface area contributed by atoms with Gasteiger partial charge in [0.05, 0.1) is 6.54 Å². The third kappa shape index (κ3) is 2.16. The van der Waals surface area contributed by atoms with Gasteiger partial charge >= 0.3 is 5.97 Å². The van der Waals surface area contributed by atoms with Gasteiger partial charge in [-0.25, -0.2) is 14.8 Å². The topological polar surface area (TPSA) is 81.2 Å². The minimum absolute atomic E-state index is 0.0452. The lowest BCUT2D eigenvalue weighted by Crippen LogP contribution is -2.04. The summed E-state index contributed by atoms with van der Waals surface area (Å²) < 4.78 is 7.41. The number of furan rings is 1. The molecule has 1 aliphatic carbocycles. The predicted octanol–water partition coefficient (Wildman–Crippen LogP) is 2.96. The number of imidazole rings is 1. The Morgan fingerprint density at radius 2 is 2.27 bits per heavy atom. The molecular formula is C16H15N3O3. The fourth-order valence-corrected chi connectivity index (χ4v) is 2.67. The van der Waals surface area contributed by atoms with Gasteiger partial charge in [0.2, 0.25) is 5.76 Å². The second-order valence-corrected chi connectivity index (χ2v) is 5.76. The molecule has 0 amide bonds. The van der Waals surface area contributed by atoms with Gasteiger partial charge in [-0.3, -0.25) is 0 Å². The summed E-state index contributed by atoms with van der Waals surface area (Å²) in [7, 11) is 0. The second-order valence-electron chi connectivity index (χ2n) is 5.76. The van der Waals surface area contributed by atoms with Gasteiger partial charge < -0.3 is 14.1 Å². The van der Waals surface area contributed by atoms with Crippen molar-refractivity contribution in [2.75, 3.05) is 0 Å². The number of carboxylic acids is 1. The Morgan fingerprint density at radius 3 is 2.95 bits per heavy atom. The van der Waals surface area contributed by atoms with Gasteiger partial charge in [0.25, 0.3) is 0 Å². The molecule has 1 N–H and O–H groups in total. The monoisotopic (exact) mass is 297 g/mol. The maximum absolute atomic E-state index is 10.9. The molecule has 3 aromatic heterocycles.